The predicted molar refractivity (Wildman–Crippen MR) is 114 cm³/mol. The molecule has 2 atom stereocenters. The van der Waals surface area contributed by atoms with Gasteiger partial charge in [-0.05, 0) is 71.0 Å². The number of amides is 1. The number of aromatic nitrogens is 1. The Morgan fingerprint density at radius 3 is 2.57 bits per heavy atom. The monoisotopic (exact) mass is 436 g/mol. The van der Waals surface area contributed by atoms with Crippen LogP contribution < -0.4 is 10.0 Å². The molecule has 4 rings (SSSR count). The van der Waals surface area contributed by atoms with Crippen LogP contribution >= 0.6 is 0 Å². The summed E-state index contributed by atoms with van der Waals surface area (Å²) < 4.78 is 33.6. The minimum absolute atomic E-state index is 0.145. The third-order valence-corrected chi connectivity index (χ3v) is 7.90. The van der Waals surface area contributed by atoms with Gasteiger partial charge in [0.25, 0.3) is 5.91 Å². The van der Waals surface area contributed by atoms with E-state index in [1.807, 2.05) is 12.2 Å². The maximum atomic E-state index is 12.7. The van der Waals surface area contributed by atoms with E-state index in [2.05, 4.69) is 27.1 Å². The van der Waals surface area contributed by atoms with E-state index in [-0.39, 0.29) is 29.7 Å². The number of nitrogens with zero attached hydrogens (tertiary/aromatic N) is 2. The summed E-state index contributed by atoms with van der Waals surface area (Å²) in [6.45, 7) is 1.90. The molecule has 1 saturated heterocycles. The second-order valence-electron chi connectivity index (χ2n) is 9.08. The van der Waals surface area contributed by atoms with Gasteiger partial charge < -0.3 is 14.7 Å². The Balaban J connectivity index is 1.30. The summed E-state index contributed by atoms with van der Waals surface area (Å²) >= 11 is 0. The number of carbonyl (C=O) groups excluding carboxylic acids is 1. The summed E-state index contributed by atoms with van der Waals surface area (Å²) in [6, 6.07) is 1.36. The molecular formula is C21H32N4O4S. The van der Waals surface area contributed by atoms with Crippen molar-refractivity contribution in [1.82, 2.24) is 20.1 Å². The van der Waals surface area contributed by atoms with Gasteiger partial charge in [0.05, 0.1) is 5.75 Å². The molecule has 30 heavy (non-hydrogen) atoms. The van der Waals surface area contributed by atoms with E-state index < -0.39 is 10.0 Å². The van der Waals surface area contributed by atoms with Crippen LogP contribution in [-0.2, 0) is 10.0 Å². The SMILES string of the molecule is CN1CCC(CS(=O)(=O)N[C@H]2CC=CC[C@H](NC(=O)c3cc(C4CC4)on3)C2)CC1. The second kappa shape index (κ2) is 9.20. The van der Waals surface area contributed by atoms with Gasteiger partial charge in [0.2, 0.25) is 10.0 Å². The average Bonchev–Trinajstić information content (AvgIpc) is 3.46. The van der Waals surface area contributed by atoms with Gasteiger partial charge in [-0.15, -0.1) is 0 Å². The minimum atomic E-state index is -3.36. The normalized spacial score (nSPS) is 26.4. The number of likely N-dealkylation sites (tertiary alicyclic amines) is 1. The molecule has 8 nitrogen and oxygen atoms in total. The first-order valence-corrected chi connectivity index (χ1v) is 12.6. The Morgan fingerprint density at radius 1 is 1.17 bits per heavy atom. The van der Waals surface area contributed by atoms with Crippen LogP contribution in [0.25, 0.3) is 0 Å². The highest BCUT2D eigenvalue weighted by Crippen LogP contribution is 2.40. The number of carbonyl (C=O) groups is 1. The molecule has 2 heterocycles. The van der Waals surface area contributed by atoms with E-state index in [9.17, 15) is 13.2 Å². The molecule has 9 heteroatoms. The fourth-order valence-corrected chi connectivity index (χ4v) is 6.08. The number of nitrogens with one attached hydrogen (secondary N) is 2. The molecule has 1 aliphatic heterocycles. The van der Waals surface area contributed by atoms with Crippen molar-refractivity contribution >= 4 is 15.9 Å². The highest BCUT2D eigenvalue weighted by atomic mass is 32.2. The van der Waals surface area contributed by atoms with Gasteiger partial charge in [-0.3, -0.25) is 4.79 Å². The van der Waals surface area contributed by atoms with Gasteiger partial charge >= 0.3 is 0 Å². The first-order valence-electron chi connectivity index (χ1n) is 11.0. The zero-order chi connectivity index (χ0) is 21.1. The molecule has 0 bridgehead atoms. The number of rotatable bonds is 7. The van der Waals surface area contributed by atoms with Gasteiger partial charge in [0.1, 0.15) is 5.76 Å². The van der Waals surface area contributed by atoms with Crippen LogP contribution in [-0.4, -0.2) is 62.4 Å². The van der Waals surface area contributed by atoms with E-state index in [4.69, 9.17) is 4.52 Å². The summed E-state index contributed by atoms with van der Waals surface area (Å²) in [5.41, 5.74) is 0.296. The standard InChI is InChI=1S/C21H32N4O4S/c1-25-10-8-15(9-11-25)14-30(27,28)24-18-5-3-2-4-17(12-18)22-21(26)19-13-20(29-23-19)16-6-7-16/h2-3,13,15-18,24H,4-12,14H2,1H3,(H,22,26)/t17-,18-/m0/s1. The highest BCUT2D eigenvalue weighted by molar-refractivity contribution is 7.89. The van der Waals surface area contributed by atoms with Crippen LogP contribution in [0.5, 0.6) is 0 Å². The van der Waals surface area contributed by atoms with E-state index in [1.54, 1.807) is 6.07 Å². The first kappa shape index (κ1) is 21.5. The lowest BCUT2D eigenvalue weighted by atomic mass is 10.00. The summed E-state index contributed by atoms with van der Waals surface area (Å²) in [6.07, 6.45) is 9.87. The molecule has 0 radical (unpaired) electrons. The van der Waals surface area contributed by atoms with Crippen molar-refractivity contribution in [2.24, 2.45) is 5.92 Å². The first-order chi connectivity index (χ1) is 14.4. The average molecular weight is 437 g/mol. The van der Waals surface area contributed by atoms with Crippen molar-refractivity contribution < 1.29 is 17.7 Å². The molecule has 2 N–H and O–H groups in total. The predicted octanol–water partition coefficient (Wildman–Crippen LogP) is 2.02. The minimum Gasteiger partial charge on any atom is -0.360 e. The Morgan fingerprint density at radius 2 is 1.87 bits per heavy atom. The van der Waals surface area contributed by atoms with Gasteiger partial charge in [-0.25, -0.2) is 13.1 Å². The third-order valence-electron chi connectivity index (χ3n) is 6.29. The molecule has 1 saturated carbocycles. The van der Waals surface area contributed by atoms with Crippen molar-refractivity contribution in [3.63, 3.8) is 0 Å². The van der Waals surface area contributed by atoms with E-state index in [0.717, 1.165) is 44.5 Å². The Kier molecular flexibility index (Phi) is 6.60. The van der Waals surface area contributed by atoms with Gasteiger partial charge in [-0.1, -0.05) is 17.3 Å². The Hall–Kier alpha value is -1.71. The Bertz CT molecular complexity index is 869. The lowest BCUT2D eigenvalue weighted by molar-refractivity contribution is 0.0925. The zero-order valence-electron chi connectivity index (χ0n) is 17.5. The maximum Gasteiger partial charge on any atom is 0.273 e. The van der Waals surface area contributed by atoms with Crippen LogP contribution in [0.2, 0.25) is 0 Å². The fraction of sp³-hybridized carbons (Fsp3) is 0.714. The molecule has 2 fully saturated rings. The second-order valence-corrected chi connectivity index (χ2v) is 10.9. The maximum absolute atomic E-state index is 12.7. The molecule has 166 valence electrons. The molecule has 3 aliphatic rings. The van der Waals surface area contributed by atoms with Crippen molar-refractivity contribution in [3.05, 3.63) is 29.7 Å². The van der Waals surface area contributed by atoms with Crippen LogP contribution in [0.15, 0.2) is 22.7 Å². The van der Waals surface area contributed by atoms with Crippen LogP contribution in [0, 0.1) is 5.92 Å². The van der Waals surface area contributed by atoms with Gasteiger partial charge in [-0.2, -0.15) is 0 Å². The topological polar surface area (TPSA) is 105 Å². The molecule has 1 aromatic heterocycles. The molecular weight excluding hydrogens is 404 g/mol. The summed E-state index contributed by atoms with van der Waals surface area (Å²) in [4.78, 5) is 14.8. The van der Waals surface area contributed by atoms with E-state index >= 15 is 0 Å². The molecule has 0 spiro atoms. The summed E-state index contributed by atoms with van der Waals surface area (Å²) in [7, 11) is -1.29. The summed E-state index contributed by atoms with van der Waals surface area (Å²) in [5, 5.41) is 6.89. The highest BCUT2D eigenvalue weighted by Gasteiger charge is 2.30. The lowest BCUT2D eigenvalue weighted by Crippen LogP contribution is -2.44. The third kappa shape index (κ3) is 5.92. The van der Waals surface area contributed by atoms with E-state index in [0.29, 0.717) is 30.9 Å². The van der Waals surface area contributed by atoms with E-state index in [1.165, 1.54) is 0 Å². The molecule has 0 unspecified atom stereocenters. The van der Waals surface area contributed by atoms with Crippen molar-refractivity contribution in [2.45, 2.75) is 62.9 Å². The number of piperidine rings is 1. The zero-order valence-corrected chi connectivity index (χ0v) is 18.4. The van der Waals surface area contributed by atoms with Crippen molar-refractivity contribution in [1.29, 1.82) is 0 Å². The number of hydrogen-bond donors (Lipinski definition) is 2. The number of sulfonamides is 1. The lowest BCUT2D eigenvalue weighted by Gasteiger charge is -2.29. The fourth-order valence-electron chi connectivity index (χ4n) is 4.33. The Labute approximate surface area is 178 Å². The van der Waals surface area contributed by atoms with Crippen LogP contribution in [0.1, 0.15) is 67.1 Å². The van der Waals surface area contributed by atoms with Crippen LogP contribution in [0.3, 0.4) is 0 Å². The molecule has 2 aliphatic carbocycles. The number of hydrogen-bond acceptors (Lipinski definition) is 6. The molecule has 1 aromatic rings. The summed E-state index contributed by atoms with van der Waals surface area (Å²) in [5.74, 6) is 1.31. The molecule has 1 amide bonds. The smallest absolute Gasteiger partial charge is 0.273 e. The van der Waals surface area contributed by atoms with Gasteiger partial charge in [0.15, 0.2) is 5.69 Å². The quantitative estimate of drug-likeness (QED) is 0.634. The van der Waals surface area contributed by atoms with Gasteiger partial charge in [0, 0.05) is 24.1 Å². The molecule has 0 aromatic carbocycles. The van der Waals surface area contributed by atoms with Crippen molar-refractivity contribution in [3.8, 4) is 0 Å². The van der Waals surface area contributed by atoms with Crippen LogP contribution in [0.4, 0.5) is 0 Å². The van der Waals surface area contributed by atoms with Crippen molar-refractivity contribution in [2.75, 3.05) is 25.9 Å². The largest absolute Gasteiger partial charge is 0.360 e.